The van der Waals surface area contributed by atoms with E-state index in [9.17, 15) is 4.79 Å². The number of carbonyl (C=O) groups is 1. The quantitative estimate of drug-likeness (QED) is 0.413. The molecule has 3 N–H and O–H groups in total. The lowest BCUT2D eigenvalue weighted by Gasteiger charge is -2.33. The lowest BCUT2D eigenvalue weighted by Crippen LogP contribution is -2.47. The van der Waals surface area contributed by atoms with Crippen molar-refractivity contribution >= 4 is 22.6 Å². The number of aryl methyl sites for hydroxylation is 1. The molecule has 5 rings (SSSR count). The number of nitrogens with one attached hydrogen (secondary N) is 1. The molecule has 1 aliphatic rings. The molecular weight excluding hydrogens is 438 g/mol. The van der Waals surface area contributed by atoms with E-state index in [1.165, 1.54) is 5.56 Å². The number of piperidine rings is 1. The number of methoxy groups -OCH3 is 1. The average molecular weight is 470 g/mol. The molecule has 180 valence electrons. The van der Waals surface area contributed by atoms with Gasteiger partial charge in [0.1, 0.15) is 11.6 Å². The first-order valence-electron chi connectivity index (χ1n) is 12.0. The fourth-order valence-electron chi connectivity index (χ4n) is 5.04. The fraction of sp³-hybridized carbons (Fsp3) is 0.286. The summed E-state index contributed by atoms with van der Waals surface area (Å²) in [7, 11) is 3.57. The normalized spacial score (nSPS) is 16.3. The third kappa shape index (κ3) is 4.72. The largest absolute Gasteiger partial charge is 0.496 e. The molecule has 0 aliphatic carbocycles. The second-order valence-electron chi connectivity index (χ2n) is 9.16. The van der Waals surface area contributed by atoms with Gasteiger partial charge in [-0.2, -0.15) is 0 Å². The van der Waals surface area contributed by atoms with Crippen molar-refractivity contribution in [2.45, 2.75) is 25.4 Å². The molecule has 0 saturated carbocycles. The molecule has 1 saturated heterocycles. The minimum atomic E-state index is -0.122. The summed E-state index contributed by atoms with van der Waals surface area (Å²) >= 11 is 0. The van der Waals surface area contributed by atoms with E-state index in [1.807, 2.05) is 48.0 Å². The van der Waals surface area contributed by atoms with Crippen molar-refractivity contribution in [1.82, 2.24) is 19.8 Å². The van der Waals surface area contributed by atoms with Crippen molar-refractivity contribution in [1.29, 1.82) is 0 Å². The Balaban J connectivity index is 1.41. The summed E-state index contributed by atoms with van der Waals surface area (Å²) in [5.74, 6) is 1.33. The van der Waals surface area contributed by atoms with E-state index in [4.69, 9.17) is 15.5 Å². The molecule has 1 unspecified atom stereocenters. The molecule has 1 aliphatic heterocycles. The van der Waals surface area contributed by atoms with E-state index >= 15 is 0 Å². The number of para-hydroxylation sites is 1. The zero-order valence-corrected chi connectivity index (χ0v) is 20.2. The Morgan fingerprint density at radius 3 is 2.71 bits per heavy atom. The summed E-state index contributed by atoms with van der Waals surface area (Å²) in [5.41, 5.74) is 10.8. The lowest BCUT2D eigenvalue weighted by molar-refractivity contribution is 0.0902. The summed E-state index contributed by atoms with van der Waals surface area (Å²) in [6.45, 7) is 2.75. The monoisotopic (exact) mass is 469 g/mol. The maximum Gasteiger partial charge on any atom is 0.253 e. The van der Waals surface area contributed by atoms with Crippen LogP contribution in [0, 0.1) is 0 Å². The molecule has 3 aromatic carbocycles. The van der Waals surface area contributed by atoms with Gasteiger partial charge >= 0.3 is 0 Å². The number of fused-ring (bicyclic) bond motifs is 1. The Morgan fingerprint density at radius 2 is 1.91 bits per heavy atom. The number of ether oxygens (including phenoxy) is 1. The number of nitrogen functional groups attached to an aromatic ring is 1. The fourth-order valence-corrected chi connectivity index (χ4v) is 5.04. The number of amides is 1. The van der Waals surface area contributed by atoms with Crippen LogP contribution in [0.1, 0.15) is 28.8 Å². The van der Waals surface area contributed by atoms with Crippen molar-refractivity contribution in [2.24, 2.45) is 7.05 Å². The van der Waals surface area contributed by atoms with E-state index in [0.29, 0.717) is 16.8 Å². The highest BCUT2D eigenvalue weighted by Gasteiger charge is 2.25. The number of anilines is 1. The molecule has 35 heavy (non-hydrogen) atoms. The highest BCUT2D eigenvalue weighted by molar-refractivity contribution is 6.07. The van der Waals surface area contributed by atoms with Gasteiger partial charge in [0.05, 0.1) is 29.3 Å². The van der Waals surface area contributed by atoms with Crippen molar-refractivity contribution in [3.05, 3.63) is 77.9 Å². The van der Waals surface area contributed by atoms with Crippen LogP contribution in [-0.4, -0.2) is 46.6 Å². The predicted octanol–water partition coefficient (Wildman–Crippen LogP) is 4.23. The van der Waals surface area contributed by atoms with Crippen LogP contribution in [0.15, 0.2) is 66.7 Å². The molecule has 7 heteroatoms. The number of aromatic nitrogens is 2. The molecule has 1 atom stereocenters. The van der Waals surface area contributed by atoms with E-state index < -0.39 is 0 Å². The van der Waals surface area contributed by atoms with Gasteiger partial charge in [-0.1, -0.05) is 42.5 Å². The summed E-state index contributed by atoms with van der Waals surface area (Å²) < 4.78 is 7.49. The van der Waals surface area contributed by atoms with Crippen LogP contribution < -0.4 is 15.8 Å². The number of benzene rings is 3. The van der Waals surface area contributed by atoms with Gasteiger partial charge < -0.3 is 20.4 Å². The number of nitrogens with zero attached hydrogens (tertiary/aromatic N) is 3. The highest BCUT2D eigenvalue weighted by atomic mass is 16.5. The van der Waals surface area contributed by atoms with Crippen LogP contribution in [0.3, 0.4) is 0 Å². The highest BCUT2D eigenvalue weighted by Crippen LogP contribution is 2.33. The van der Waals surface area contributed by atoms with Gasteiger partial charge in [0.15, 0.2) is 0 Å². The predicted molar refractivity (Wildman–Crippen MR) is 139 cm³/mol. The van der Waals surface area contributed by atoms with Gasteiger partial charge in [-0.05, 0) is 49.2 Å². The maximum atomic E-state index is 13.5. The minimum absolute atomic E-state index is 0.0818. The molecule has 7 nitrogen and oxygen atoms in total. The molecule has 1 amide bonds. The average Bonchev–Trinajstić information content (AvgIpc) is 3.20. The Morgan fingerprint density at radius 1 is 1.14 bits per heavy atom. The first-order valence-corrected chi connectivity index (χ1v) is 12.0. The second-order valence-corrected chi connectivity index (χ2v) is 9.16. The molecule has 0 radical (unpaired) electrons. The van der Waals surface area contributed by atoms with Crippen LogP contribution >= 0.6 is 0 Å². The molecule has 2 heterocycles. The standard InChI is InChI=1S/C28H31N5O2/c1-32-26-23(15-20(29)16-24(26)31-27(32)22-12-6-7-13-25(22)35-2)28(34)30-21-11-8-14-33(18-21)17-19-9-4-3-5-10-19/h3-7,9-10,12-13,15-16,21H,8,11,14,17-18,29H2,1-2H3,(H,30,34). The van der Waals surface area contributed by atoms with Crippen LogP contribution in [0.25, 0.3) is 22.4 Å². The van der Waals surface area contributed by atoms with Gasteiger partial charge in [-0.3, -0.25) is 9.69 Å². The third-order valence-electron chi connectivity index (χ3n) is 6.67. The Hall–Kier alpha value is -3.84. The Bertz CT molecular complexity index is 1350. The number of nitrogens with two attached hydrogens (primary N) is 1. The number of carbonyl (C=O) groups excluding carboxylic acids is 1. The molecule has 1 fully saturated rings. The lowest BCUT2D eigenvalue weighted by atomic mass is 10.0. The van der Waals surface area contributed by atoms with Gasteiger partial charge in [-0.15, -0.1) is 0 Å². The summed E-state index contributed by atoms with van der Waals surface area (Å²) in [6.07, 6.45) is 2.01. The zero-order chi connectivity index (χ0) is 24.4. The SMILES string of the molecule is COc1ccccc1-c1nc2cc(N)cc(C(=O)NC3CCCN(Cc4ccccc4)C3)c2n1C. The van der Waals surface area contributed by atoms with Gasteiger partial charge in [-0.25, -0.2) is 4.98 Å². The van der Waals surface area contributed by atoms with Crippen LogP contribution in [0.2, 0.25) is 0 Å². The molecule has 4 aromatic rings. The van der Waals surface area contributed by atoms with Crippen LogP contribution in [-0.2, 0) is 13.6 Å². The van der Waals surface area contributed by atoms with Crippen molar-refractivity contribution in [3.8, 4) is 17.1 Å². The van der Waals surface area contributed by atoms with E-state index in [-0.39, 0.29) is 11.9 Å². The first kappa shape index (κ1) is 22.9. The Kier molecular flexibility index (Phi) is 6.42. The number of hydrogen-bond donors (Lipinski definition) is 2. The number of likely N-dealkylation sites (tertiary alicyclic amines) is 1. The first-order chi connectivity index (χ1) is 17.0. The summed E-state index contributed by atoms with van der Waals surface area (Å²) in [6, 6.07) is 21.8. The van der Waals surface area contributed by atoms with E-state index in [1.54, 1.807) is 13.2 Å². The van der Waals surface area contributed by atoms with Crippen LogP contribution in [0.5, 0.6) is 5.75 Å². The Labute approximate surface area is 205 Å². The zero-order valence-electron chi connectivity index (χ0n) is 20.2. The van der Waals surface area contributed by atoms with Gasteiger partial charge in [0.2, 0.25) is 0 Å². The number of rotatable bonds is 6. The van der Waals surface area contributed by atoms with Crippen molar-refractivity contribution < 1.29 is 9.53 Å². The molecule has 1 aromatic heterocycles. The maximum absolute atomic E-state index is 13.5. The van der Waals surface area contributed by atoms with E-state index in [2.05, 4.69) is 34.5 Å². The summed E-state index contributed by atoms with van der Waals surface area (Å²) in [5, 5.41) is 3.27. The molecular formula is C28H31N5O2. The molecule has 0 bridgehead atoms. The molecule has 0 spiro atoms. The number of imidazole rings is 1. The second kappa shape index (κ2) is 9.80. The minimum Gasteiger partial charge on any atom is -0.496 e. The van der Waals surface area contributed by atoms with Gasteiger partial charge in [0, 0.05) is 31.9 Å². The smallest absolute Gasteiger partial charge is 0.253 e. The number of hydrogen-bond acceptors (Lipinski definition) is 5. The van der Waals surface area contributed by atoms with E-state index in [0.717, 1.165) is 55.1 Å². The topological polar surface area (TPSA) is 85.4 Å². The third-order valence-corrected chi connectivity index (χ3v) is 6.67. The van der Waals surface area contributed by atoms with Crippen LogP contribution in [0.4, 0.5) is 5.69 Å². The van der Waals surface area contributed by atoms with Gasteiger partial charge in [0.25, 0.3) is 5.91 Å². The van der Waals surface area contributed by atoms with Crippen molar-refractivity contribution in [2.75, 3.05) is 25.9 Å². The summed E-state index contributed by atoms with van der Waals surface area (Å²) in [4.78, 5) is 20.7. The van der Waals surface area contributed by atoms with Crippen molar-refractivity contribution in [3.63, 3.8) is 0 Å².